The molecule has 3 nitrogen and oxygen atoms in total. The van der Waals surface area contributed by atoms with Crippen molar-refractivity contribution >= 4 is 5.91 Å². The molecule has 2 fully saturated rings. The topological polar surface area (TPSA) is 55.1 Å². The summed E-state index contributed by atoms with van der Waals surface area (Å²) in [6.45, 7) is 2.03. The number of rotatable bonds is 6. The summed E-state index contributed by atoms with van der Waals surface area (Å²) >= 11 is 0. The lowest BCUT2D eigenvalue weighted by atomic mass is 9.96. The van der Waals surface area contributed by atoms with E-state index in [-0.39, 0.29) is 17.4 Å². The maximum atomic E-state index is 12.3. The van der Waals surface area contributed by atoms with E-state index in [0.29, 0.717) is 6.04 Å². The Morgan fingerprint density at radius 3 is 2.68 bits per heavy atom. The van der Waals surface area contributed by atoms with E-state index in [1.807, 2.05) is 6.92 Å². The fourth-order valence-electron chi connectivity index (χ4n) is 3.47. The Labute approximate surface area is 133 Å². The minimum Gasteiger partial charge on any atom is -0.353 e. The molecule has 0 aliphatic heterocycles. The first kappa shape index (κ1) is 15.5. The Morgan fingerprint density at radius 1 is 1.32 bits per heavy atom. The normalized spacial score (nSPS) is 21.5. The van der Waals surface area contributed by atoms with Crippen molar-refractivity contribution in [2.24, 2.45) is 11.7 Å². The van der Waals surface area contributed by atoms with E-state index in [0.717, 1.165) is 38.5 Å². The van der Waals surface area contributed by atoms with Crippen molar-refractivity contribution in [3.8, 4) is 0 Å². The minimum atomic E-state index is 0.0311. The molecule has 1 aromatic rings. The van der Waals surface area contributed by atoms with E-state index < -0.39 is 0 Å². The van der Waals surface area contributed by atoms with Crippen molar-refractivity contribution in [2.75, 3.05) is 0 Å². The number of nitrogens with one attached hydrogen (secondary N) is 1. The van der Waals surface area contributed by atoms with Crippen molar-refractivity contribution in [1.29, 1.82) is 0 Å². The molecule has 1 amide bonds. The van der Waals surface area contributed by atoms with E-state index in [2.05, 4.69) is 29.6 Å². The number of hydrogen-bond acceptors (Lipinski definition) is 2. The van der Waals surface area contributed by atoms with Gasteiger partial charge in [-0.25, -0.2) is 0 Å². The van der Waals surface area contributed by atoms with E-state index in [9.17, 15) is 4.79 Å². The molecule has 0 heterocycles. The molecular weight excluding hydrogens is 272 g/mol. The maximum absolute atomic E-state index is 12.3. The van der Waals surface area contributed by atoms with Gasteiger partial charge >= 0.3 is 0 Å². The zero-order valence-corrected chi connectivity index (χ0v) is 13.6. The van der Waals surface area contributed by atoms with Gasteiger partial charge in [0.25, 0.3) is 0 Å². The van der Waals surface area contributed by atoms with E-state index in [1.54, 1.807) is 0 Å². The maximum Gasteiger partial charge on any atom is 0.223 e. The molecule has 3 heteroatoms. The van der Waals surface area contributed by atoms with Gasteiger partial charge in [-0.1, -0.05) is 44.0 Å². The molecule has 2 saturated carbocycles. The second-order valence-electron chi connectivity index (χ2n) is 7.45. The summed E-state index contributed by atoms with van der Waals surface area (Å²) in [4.78, 5) is 12.3. The summed E-state index contributed by atoms with van der Waals surface area (Å²) in [6, 6.07) is 9.01. The molecular formula is C19H28N2O. The highest BCUT2D eigenvalue weighted by Crippen LogP contribution is 2.35. The largest absolute Gasteiger partial charge is 0.353 e. The summed E-state index contributed by atoms with van der Waals surface area (Å²) in [7, 11) is 0. The van der Waals surface area contributed by atoms with Gasteiger partial charge in [0.15, 0.2) is 0 Å². The van der Waals surface area contributed by atoms with Gasteiger partial charge in [0.2, 0.25) is 5.91 Å². The Morgan fingerprint density at radius 2 is 2.00 bits per heavy atom. The van der Waals surface area contributed by atoms with Crippen LogP contribution in [0.3, 0.4) is 0 Å². The number of benzene rings is 1. The van der Waals surface area contributed by atoms with Crippen molar-refractivity contribution in [3.05, 3.63) is 35.4 Å². The fraction of sp³-hybridized carbons (Fsp3) is 0.632. The smallest absolute Gasteiger partial charge is 0.223 e. The number of carbonyl (C=O) groups excluding carboxylic acids is 1. The molecule has 1 unspecified atom stereocenters. The Bertz CT molecular complexity index is 530. The Balaban J connectivity index is 1.54. The number of amides is 1. The van der Waals surface area contributed by atoms with Crippen molar-refractivity contribution < 1.29 is 4.79 Å². The average Bonchev–Trinajstić information content (AvgIpc) is 2.99. The summed E-state index contributed by atoms with van der Waals surface area (Å²) in [5, 5.41) is 3.20. The Hall–Kier alpha value is -1.35. The Kier molecular flexibility index (Phi) is 4.53. The second kappa shape index (κ2) is 6.41. The molecule has 0 aromatic heterocycles. The number of carbonyl (C=O) groups is 1. The molecule has 2 aliphatic carbocycles. The first-order valence-corrected chi connectivity index (χ1v) is 8.71. The van der Waals surface area contributed by atoms with Crippen LogP contribution in [0.5, 0.6) is 0 Å². The molecule has 0 radical (unpaired) electrons. The molecule has 1 aromatic carbocycles. The van der Waals surface area contributed by atoms with Crippen molar-refractivity contribution in [1.82, 2.24) is 5.32 Å². The third-order valence-electron chi connectivity index (χ3n) is 5.13. The van der Waals surface area contributed by atoms with Gasteiger partial charge < -0.3 is 11.1 Å². The zero-order chi connectivity index (χ0) is 15.6. The summed E-state index contributed by atoms with van der Waals surface area (Å²) in [6.07, 6.45) is 8.84. The van der Waals surface area contributed by atoms with Crippen LogP contribution in [-0.2, 0) is 17.6 Å². The quantitative estimate of drug-likeness (QED) is 0.848. The fourth-order valence-corrected chi connectivity index (χ4v) is 3.47. The van der Waals surface area contributed by atoms with Crippen molar-refractivity contribution in [2.45, 2.75) is 69.9 Å². The molecule has 0 bridgehead atoms. The summed E-state index contributed by atoms with van der Waals surface area (Å²) in [5.74, 6) is 0.235. The van der Waals surface area contributed by atoms with Crippen LogP contribution in [0, 0.1) is 5.92 Å². The van der Waals surface area contributed by atoms with E-state index >= 15 is 0 Å². The lowest BCUT2D eigenvalue weighted by molar-refractivity contribution is -0.125. The minimum absolute atomic E-state index is 0.0311. The summed E-state index contributed by atoms with van der Waals surface area (Å²) < 4.78 is 0. The van der Waals surface area contributed by atoms with Gasteiger partial charge in [-0.15, -0.1) is 0 Å². The van der Waals surface area contributed by atoms with Gasteiger partial charge in [0.05, 0.1) is 0 Å². The lowest BCUT2D eigenvalue weighted by Crippen LogP contribution is -2.37. The van der Waals surface area contributed by atoms with Crippen LogP contribution in [-0.4, -0.2) is 17.5 Å². The van der Waals surface area contributed by atoms with Crippen LogP contribution in [0.4, 0.5) is 0 Å². The van der Waals surface area contributed by atoms with Crippen LogP contribution < -0.4 is 11.1 Å². The van der Waals surface area contributed by atoms with Gasteiger partial charge in [-0.05, 0) is 49.7 Å². The van der Waals surface area contributed by atoms with Crippen molar-refractivity contribution in [3.63, 3.8) is 0 Å². The number of hydrogen-bond donors (Lipinski definition) is 2. The highest BCUT2D eigenvalue weighted by molar-refractivity contribution is 5.78. The predicted molar refractivity (Wildman–Crippen MR) is 89.6 cm³/mol. The highest BCUT2D eigenvalue weighted by Gasteiger charge is 2.37. The molecule has 120 valence electrons. The molecule has 22 heavy (non-hydrogen) atoms. The highest BCUT2D eigenvalue weighted by atomic mass is 16.1. The van der Waals surface area contributed by atoms with Gasteiger partial charge in [-0.2, -0.15) is 0 Å². The molecule has 3 N–H and O–H groups in total. The number of nitrogens with two attached hydrogens (primary N) is 1. The van der Waals surface area contributed by atoms with Crippen LogP contribution in [0.1, 0.15) is 56.6 Å². The average molecular weight is 300 g/mol. The van der Waals surface area contributed by atoms with Gasteiger partial charge in [0.1, 0.15) is 0 Å². The van der Waals surface area contributed by atoms with E-state index in [1.165, 1.54) is 24.0 Å². The monoisotopic (exact) mass is 300 g/mol. The third kappa shape index (κ3) is 4.10. The van der Waals surface area contributed by atoms with Crippen LogP contribution in [0.15, 0.2) is 24.3 Å². The molecule has 2 aliphatic rings. The molecule has 1 atom stereocenters. The molecule has 0 saturated heterocycles. The SMILES string of the molecule is CC(Cc1cccc(CC2(N)CC2)c1)C(=O)NC1CCCC1. The zero-order valence-electron chi connectivity index (χ0n) is 13.6. The standard InChI is InChI=1S/C19H28N2O/c1-14(18(22)21-17-7-2-3-8-17)11-15-5-4-6-16(12-15)13-19(20)9-10-19/h4-6,12,14,17H,2-3,7-11,13,20H2,1H3,(H,21,22). The lowest BCUT2D eigenvalue weighted by Gasteiger charge is -2.17. The van der Waals surface area contributed by atoms with Gasteiger partial charge in [0, 0.05) is 17.5 Å². The second-order valence-corrected chi connectivity index (χ2v) is 7.45. The van der Waals surface area contributed by atoms with Crippen LogP contribution >= 0.6 is 0 Å². The first-order valence-electron chi connectivity index (χ1n) is 8.71. The third-order valence-corrected chi connectivity index (χ3v) is 5.13. The predicted octanol–water partition coefficient (Wildman–Crippen LogP) is 2.96. The van der Waals surface area contributed by atoms with Gasteiger partial charge in [-0.3, -0.25) is 4.79 Å². The molecule has 3 rings (SSSR count). The summed E-state index contributed by atoms with van der Waals surface area (Å²) in [5.41, 5.74) is 8.80. The van der Waals surface area contributed by atoms with E-state index in [4.69, 9.17) is 5.73 Å². The molecule has 0 spiro atoms. The van der Waals surface area contributed by atoms with Crippen LogP contribution in [0.2, 0.25) is 0 Å². The first-order chi connectivity index (χ1) is 10.5. The van der Waals surface area contributed by atoms with Crippen LogP contribution in [0.25, 0.3) is 0 Å².